The maximum Gasteiger partial charge on any atom is 0.266 e. The molecule has 3 heterocycles. The van der Waals surface area contributed by atoms with Crippen molar-refractivity contribution >= 4 is 17.7 Å². The van der Waals surface area contributed by atoms with Crippen LogP contribution in [-0.2, 0) is 4.79 Å². The van der Waals surface area contributed by atoms with Gasteiger partial charge in [-0.1, -0.05) is 0 Å². The number of nitrogens with two attached hydrogens (primary N) is 1. The number of benzene rings is 1. The molecule has 2 amide bonds. The summed E-state index contributed by atoms with van der Waals surface area (Å²) in [6.07, 6.45) is 1.50. The fourth-order valence-corrected chi connectivity index (χ4v) is 3.22. The number of furan rings is 1. The Kier molecular flexibility index (Phi) is 5.57. The molecule has 31 heavy (non-hydrogen) atoms. The highest BCUT2D eigenvalue weighted by Crippen LogP contribution is 2.29. The van der Waals surface area contributed by atoms with Gasteiger partial charge in [0.25, 0.3) is 11.8 Å². The largest absolute Gasteiger partial charge is 0.484 e. The third-order valence-electron chi connectivity index (χ3n) is 4.87. The number of nitrogens with zero attached hydrogens (tertiary/aromatic N) is 4. The smallest absolute Gasteiger partial charge is 0.266 e. The second kappa shape index (κ2) is 8.62. The molecule has 0 unspecified atom stereocenters. The highest BCUT2D eigenvalue weighted by Gasteiger charge is 2.27. The van der Waals surface area contributed by atoms with E-state index in [1.165, 1.54) is 6.26 Å². The Morgan fingerprint density at radius 3 is 2.52 bits per heavy atom. The van der Waals surface area contributed by atoms with E-state index in [1.807, 2.05) is 11.0 Å². The summed E-state index contributed by atoms with van der Waals surface area (Å²) in [6, 6.07) is 11.7. The van der Waals surface area contributed by atoms with E-state index in [2.05, 4.69) is 4.98 Å². The molecule has 0 spiro atoms. The number of hydrogen-bond donors (Lipinski definition) is 1. The van der Waals surface area contributed by atoms with Crippen molar-refractivity contribution in [1.82, 2.24) is 9.88 Å². The normalized spacial score (nSPS) is 13.6. The van der Waals surface area contributed by atoms with E-state index < -0.39 is 5.91 Å². The summed E-state index contributed by atoms with van der Waals surface area (Å²) < 4.78 is 16.5. The predicted octanol–water partition coefficient (Wildman–Crippen LogP) is 1.63. The van der Waals surface area contributed by atoms with Gasteiger partial charge in [0.2, 0.25) is 17.5 Å². The van der Waals surface area contributed by atoms with E-state index in [1.54, 1.807) is 41.3 Å². The molecule has 1 aromatic carbocycles. The molecule has 0 atom stereocenters. The molecule has 0 saturated carbocycles. The number of hydrogen-bond acceptors (Lipinski definition) is 8. The monoisotopic (exact) mass is 421 g/mol. The van der Waals surface area contributed by atoms with Gasteiger partial charge in [-0.25, -0.2) is 0 Å². The lowest BCUT2D eigenvalue weighted by Crippen LogP contribution is -2.50. The van der Waals surface area contributed by atoms with E-state index >= 15 is 0 Å². The van der Waals surface area contributed by atoms with E-state index in [4.69, 9.17) is 19.3 Å². The Morgan fingerprint density at radius 2 is 1.90 bits per heavy atom. The highest BCUT2D eigenvalue weighted by molar-refractivity contribution is 5.92. The van der Waals surface area contributed by atoms with Crippen LogP contribution in [0.3, 0.4) is 0 Å². The number of piperazine rings is 1. The number of oxazole rings is 1. The lowest BCUT2D eigenvalue weighted by molar-refractivity contribution is -0.133. The molecule has 0 radical (unpaired) electrons. The molecule has 10 heteroatoms. The van der Waals surface area contributed by atoms with Crippen LogP contribution in [-0.4, -0.2) is 54.5 Å². The summed E-state index contributed by atoms with van der Waals surface area (Å²) in [5.41, 5.74) is 5.75. The minimum absolute atomic E-state index is 0.121. The van der Waals surface area contributed by atoms with Crippen LogP contribution >= 0.6 is 0 Å². The van der Waals surface area contributed by atoms with Gasteiger partial charge in [0, 0.05) is 31.7 Å². The van der Waals surface area contributed by atoms with E-state index in [-0.39, 0.29) is 24.1 Å². The molecule has 2 aromatic heterocycles. The second-order valence-electron chi connectivity index (χ2n) is 6.81. The first-order valence-corrected chi connectivity index (χ1v) is 9.55. The van der Waals surface area contributed by atoms with Crippen molar-refractivity contribution in [2.45, 2.75) is 0 Å². The molecule has 10 nitrogen and oxygen atoms in total. The van der Waals surface area contributed by atoms with Gasteiger partial charge in [0.1, 0.15) is 11.8 Å². The van der Waals surface area contributed by atoms with Crippen molar-refractivity contribution in [2.24, 2.45) is 5.73 Å². The first-order chi connectivity index (χ1) is 15.0. The van der Waals surface area contributed by atoms with Crippen LogP contribution in [0.25, 0.3) is 11.7 Å². The van der Waals surface area contributed by atoms with Crippen LogP contribution in [0.5, 0.6) is 5.75 Å². The van der Waals surface area contributed by atoms with Crippen molar-refractivity contribution in [3.05, 3.63) is 53.9 Å². The van der Waals surface area contributed by atoms with Gasteiger partial charge in [0.15, 0.2) is 12.4 Å². The van der Waals surface area contributed by atoms with Crippen LogP contribution in [0.1, 0.15) is 16.1 Å². The predicted molar refractivity (Wildman–Crippen MR) is 108 cm³/mol. The summed E-state index contributed by atoms with van der Waals surface area (Å²) in [4.78, 5) is 31.3. The molecular formula is C21H19N5O5. The molecule has 1 aliphatic heterocycles. The topological polar surface area (TPSA) is 139 Å². The Balaban J connectivity index is 1.33. The number of carbonyl (C=O) groups excluding carboxylic acids is 2. The summed E-state index contributed by atoms with van der Waals surface area (Å²) in [7, 11) is 0. The summed E-state index contributed by atoms with van der Waals surface area (Å²) in [5.74, 6) is 0.842. The summed E-state index contributed by atoms with van der Waals surface area (Å²) in [6.45, 7) is 1.75. The summed E-state index contributed by atoms with van der Waals surface area (Å²) >= 11 is 0. The number of rotatable bonds is 6. The van der Waals surface area contributed by atoms with Gasteiger partial charge in [0.05, 0.1) is 6.26 Å². The van der Waals surface area contributed by atoms with Crippen molar-refractivity contribution < 1.29 is 23.2 Å². The molecule has 0 aliphatic carbocycles. The van der Waals surface area contributed by atoms with Crippen molar-refractivity contribution in [2.75, 3.05) is 37.7 Å². The fraction of sp³-hybridized carbons (Fsp3) is 0.238. The first kappa shape index (κ1) is 20.0. The molecule has 1 aliphatic rings. The lowest BCUT2D eigenvalue weighted by Gasteiger charge is -2.34. The number of aromatic nitrogens is 1. The zero-order valence-electron chi connectivity index (χ0n) is 16.5. The minimum Gasteiger partial charge on any atom is -0.484 e. The molecular weight excluding hydrogens is 402 g/mol. The fourth-order valence-electron chi connectivity index (χ4n) is 3.22. The lowest BCUT2D eigenvalue weighted by atomic mass is 10.2. The average Bonchev–Trinajstić information content (AvgIpc) is 3.47. The highest BCUT2D eigenvalue weighted by atomic mass is 16.5. The molecule has 4 rings (SSSR count). The van der Waals surface area contributed by atoms with Crippen molar-refractivity contribution in [3.8, 4) is 23.5 Å². The standard InChI is InChI=1S/C21H19N5O5/c22-12-16-21(31-20(24-16)17-2-1-11-29-17)26-9-7-25(8-10-26)18(27)13-30-15-5-3-14(4-6-15)19(23)28/h1-6,11H,7-10,13H2,(H2,23,28). The Labute approximate surface area is 177 Å². The van der Waals surface area contributed by atoms with Crippen LogP contribution in [0.15, 0.2) is 51.5 Å². The number of ether oxygens (including phenoxy) is 1. The molecule has 1 fully saturated rings. The first-order valence-electron chi connectivity index (χ1n) is 9.55. The quantitative estimate of drug-likeness (QED) is 0.634. The molecule has 3 aromatic rings. The van der Waals surface area contributed by atoms with Gasteiger partial charge in [-0.2, -0.15) is 10.2 Å². The number of carbonyl (C=O) groups is 2. The second-order valence-corrected chi connectivity index (χ2v) is 6.81. The number of nitriles is 1. The maximum atomic E-state index is 12.5. The van der Waals surface area contributed by atoms with Crippen LogP contribution < -0.4 is 15.4 Å². The van der Waals surface area contributed by atoms with Crippen LogP contribution in [0, 0.1) is 11.3 Å². The van der Waals surface area contributed by atoms with E-state index in [0.29, 0.717) is 49.1 Å². The van der Waals surface area contributed by atoms with Crippen LogP contribution in [0.4, 0.5) is 5.88 Å². The van der Waals surface area contributed by atoms with E-state index in [0.717, 1.165) is 0 Å². The van der Waals surface area contributed by atoms with Gasteiger partial charge in [-0.3, -0.25) is 9.59 Å². The van der Waals surface area contributed by atoms with Gasteiger partial charge in [-0.15, -0.1) is 0 Å². The van der Waals surface area contributed by atoms with Crippen LogP contribution in [0.2, 0.25) is 0 Å². The Hall–Kier alpha value is -4.26. The SMILES string of the molecule is N#Cc1nc(-c2ccco2)oc1N1CCN(C(=O)COc2ccc(C(N)=O)cc2)CC1. The average molecular weight is 421 g/mol. The van der Waals surface area contributed by atoms with Gasteiger partial charge in [-0.05, 0) is 36.4 Å². The molecule has 158 valence electrons. The number of amides is 2. The third kappa shape index (κ3) is 4.35. The zero-order valence-corrected chi connectivity index (χ0v) is 16.5. The van der Waals surface area contributed by atoms with Gasteiger partial charge < -0.3 is 29.1 Å². The Morgan fingerprint density at radius 1 is 1.16 bits per heavy atom. The molecule has 2 N–H and O–H groups in total. The third-order valence-corrected chi connectivity index (χ3v) is 4.87. The maximum absolute atomic E-state index is 12.5. The zero-order chi connectivity index (χ0) is 21.8. The summed E-state index contributed by atoms with van der Waals surface area (Å²) in [5, 5.41) is 9.39. The Bertz CT molecular complexity index is 1110. The van der Waals surface area contributed by atoms with Crippen molar-refractivity contribution in [3.63, 3.8) is 0 Å². The molecule has 0 bridgehead atoms. The number of anilines is 1. The van der Waals surface area contributed by atoms with Gasteiger partial charge >= 0.3 is 0 Å². The van der Waals surface area contributed by atoms with Crippen molar-refractivity contribution in [1.29, 1.82) is 5.26 Å². The van der Waals surface area contributed by atoms with E-state index in [9.17, 15) is 14.9 Å². The molecule has 1 saturated heterocycles. The minimum atomic E-state index is -0.525. The number of primary amides is 1.